The Bertz CT molecular complexity index is 902. The molecule has 2 aromatic rings. The number of hydrogen-bond acceptors (Lipinski definition) is 10. The first-order valence-electron chi connectivity index (χ1n) is 10.5. The Morgan fingerprint density at radius 3 is 2.75 bits per heavy atom. The molecule has 0 aliphatic heterocycles. The van der Waals surface area contributed by atoms with E-state index in [1.54, 1.807) is 6.07 Å². The predicted molar refractivity (Wildman–Crippen MR) is 121 cm³/mol. The number of ether oxygens (including phenoxy) is 2. The van der Waals surface area contributed by atoms with Gasteiger partial charge in [-0.25, -0.2) is 4.79 Å². The van der Waals surface area contributed by atoms with Gasteiger partial charge in [-0.2, -0.15) is 5.10 Å². The van der Waals surface area contributed by atoms with Crippen LogP contribution in [0.25, 0.3) is 0 Å². The molecule has 1 aromatic carbocycles. The second-order valence-corrected chi connectivity index (χ2v) is 7.90. The molecule has 0 saturated heterocycles. The number of nitrogens with one attached hydrogen (secondary N) is 3. The number of aromatic nitrogens is 2. The maximum absolute atomic E-state index is 10.4. The Labute approximate surface area is 188 Å². The number of β-amino-alcohol motifs (C(OH)–C–C–N with tert-alkyl or cyclic N) is 1. The van der Waals surface area contributed by atoms with E-state index < -0.39 is 6.10 Å². The minimum absolute atomic E-state index is 0.210. The fourth-order valence-corrected chi connectivity index (χ4v) is 2.84. The molecule has 1 unspecified atom stereocenters. The summed E-state index contributed by atoms with van der Waals surface area (Å²) in [4.78, 5) is 10.4. The van der Waals surface area contributed by atoms with Crippen LogP contribution in [-0.4, -0.2) is 59.3 Å². The van der Waals surface area contributed by atoms with Crippen LogP contribution in [0.15, 0.2) is 35.4 Å². The summed E-state index contributed by atoms with van der Waals surface area (Å²) in [6.07, 6.45) is 0.778. The van der Waals surface area contributed by atoms with Crippen molar-refractivity contribution in [2.24, 2.45) is 5.10 Å². The summed E-state index contributed by atoms with van der Waals surface area (Å²) in [6.45, 7) is 9.93. The van der Waals surface area contributed by atoms with Crippen molar-refractivity contribution in [2.45, 2.75) is 45.9 Å². The fourth-order valence-electron chi connectivity index (χ4n) is 2.84. The van der Waals surface area contributed by atoms with E-state index in [0.29, 0.717) is 37.6 Å². The zero-order valence-electron chi connectivity index (χ0n) is 19.0. The van der Waals surface area contributed by atoms with Gasteiger partial charge in [-0.3, -0.25) is 5.43 Å². The summed E-state index contributed by atoms with van der Waals surface area (Å²) in [7, 11) is 0. The molecule has 10 nitrogen and oxygen atoms in total. The maximum Gasteiger partial charge on any atom is 0.259 e. The number of hydrogen-bond donors (Lipinski definition) is 4. The Balaban J connectivity index is 1.78. The number of anilines is 1. The Morgan fingerprint density at radius 2 is 2.03 bits per heavy atom. The van der Waals surface area contributed by atoms with Crippen LogP contribution in [-0.2, 0) is 11.3 Å². The van der Waals surface area contributed by atoms with Gasteiger partial charge in [-0.15, -0.1) is 5.10 Å². The summed E-state index contributed by atoms with van der Waals surface area (Å²) >= 11 is 0. The maximum atomic E-state index is 10.4. The third-order valence-corrected chi connectivity index (χ3v) is 4.53. The molecule has 0 spiro atoms. The van der Waals surface area contributed by atoms with Gasteiger partial charge in [0.15, 0.2) is 0 Å². The van der Waals surface area contributed by atoms with Crippen LogP contribution in [0.5, 0.6) is 11.6 Å². The van der Waals surface area contributed by atoms with Crippen molar-refractivity contribution in [3.05, 3.63) is 41.6 Å². The van der Waals surface area contributed by atoms with Crippen LogP contribution >= 0.6 is 0 Å². The number of aliphatic hydroxyl groups is 1. The van der Waals surface area contributed by atoms with Gasteiger partial charge in [-0.05, 0) is 45.4 Å². The van der Waals surface area contributed by atoms with E-state index in [0.717, 1.165) is 11.3 Å². The van der Waals surface area contributed by atoms with Gasteiger partial charge < -0.3 is 25.2 Å². The topological polar surface area (TPSA) is 130 Å². The highest BCUT2D eigenvalue weighted by Gasteiger charge is 2.19. The summed E-state index contributed by atoms with van der Waals surface area (Å²) in [5.41, 5.74) is 4.39. The minimum Gasteiger partial charge on any atom is -0.491 e. The highest BCUT2D eigenvalue weighted by Crippen LogP contribution is 2.21. The Hall–Kier alpha value is -3.04. The molecule has 0 fully saturated rings. The minimum atomic E-state index is -0.641. The number of benzene rings is 1. The summed E-state index contributed by atoms with van der Waals surface area (Å²) in [6, 6.07) is 9.42. The van der Waals surface area contributed by atoms with Crippen LogP contribution in [0.2, 0.25) is 0 Å². The predicted octanol–water partition coefficient (Wildman–Crippen LogP) is 1.74. The second kappa shape index (κ2) is 12.7. The molecule has 1 aromatic heterocycles. The standard InChI is InChI=1S/C22H32N6O4/c1-5-31-21-19(27-25-15-29)10-17(26-28-21)11-23-14-22(3,4)24-12-18(30)13-32-20-9-7-6-8-16(20)2/h6-10,18,23-24,30H,5,11-14H2,1-4H3,(H,26,27). The normalized spacial score (nSPS) is 12.0. The first-order valence-corrected chi connectivity index (χ1v) is 10.5. The Morgan fingerprint density at radius 1 is 1.25 bits per heavy atom. The molecule has 0 radical (unpaired) electrons. The summed E-state index contributed by atoms with van der Waals surface area (Å²) < 4.78 is 11.1. The number of isocyanates is 1. The molecule has 0 bridgehead atoms. The molecule has 32 heavy (non-hydrogen) atoms. The van der Waals surface area contributed by atoms with E-state index >= 15 is 0 Å². The number of rotatable bonds is 14. The van der Waals surface area contributed by atoms with Crippen LogP contribution in [0.1, 0.15) is 32.0 Å². The van der Waals surface area contributed by atoms with Gasteiger partial charge in [0.25, 0.3) is 12.0 Å². The van der Waals surface area contributed by atoms with Crippen LogP contribution in [0.3, 0.4) is 0 Å². The molecule has 2 rings (SSSR count). The van der Waals surface area contributed by atoms with Gasteiger partial charge in [-0.1, -0.05) is 23.3 Å². The van der Waals surface area contributed by atoms with Crippen molar-refractivity contribution < 1.29 is 19.4 Å². The smallest absolute Gasteiger partial charge is 0.259 e. The number of aliphatic hydroxyl groups excluding tert-OH is 1. The third-order valence-electron chi connectivity index (χ3n) is 4.53. The lowest BCUT2D eigenvalue weighted by molar-refractivity contribution is 0.0984. The van der Waals surface area contributed by atoms with E-state index in [2.05, 4.69) is 31.4 Å². The lowest BCUT2D eigenvalue weighted by Crippen LogP contribution is -2.50. The largest absolute Gasteiger partial charge is 0.491 e. The van der Waals surface area contributed by atoms with Crippen molar-refractivity contribution in [1.82, 2.24) is 20.8 Å². The summed E-state index contributed by atoms with van der Waals surface area (Å²) in [5, 5.41) is 28.4. The highest BCUT2D eigenvalue weighted by molar-refractivity contribution is 5.53. The molecular weight excluding hydrogens is 412 g/mol. The van der Waals surface area contributed by atoms with E-state index in [1.807, 2.05) is 52.0 Å². The first kappa shape index (κ1) is 25.2. The highest BCUT2D eigenvalue weighted by atomic mass is 16.5. The van der Waals surface area contributed by atoms with Crippen molar-refractivity contribution in [2.75, 3.05) is 31.7 Å². The second-order valence-electron chi connectivity index (χ2n) is 7.90. The molecular formula is C22H32N6O4. The molecule has 0 saturated carbocycles. The van der Waals surface area contributed by atoms with Crippen molar-refractivity contribution in [3.63, 3.8) is 0 Å². The summed E-state index contributed by atoms with van der Waals surface area (Å²) in [5.74, 6) is 1.04. The van der Waals surface area contributed by atoms with Gasteiger partial charge in [0, 0.05) is 25.2 Å². The van der Waals surface area contributed by atoms with E-state index in [4.69, 9.17) is 9.47 Å². The van der Waals surface area contributed by atoms with Gasteiger partial charge >= 0.3 is 0 Å². The van der Waals surface area contributed by atoms with Gasteiger partial charge in [0.05, 0.1) is 12.3 Å². The molecule has 0 aliphatic carbocycles. The lowest BCUT2D eigenvalue weighted by Gasteiger charge is -2.28. The third kappa shape index (κ3) is 8.60. The molecule has 1 heterocycles. The first-order chi connectivity index (χ1) is 15.3. The average molecular weight is 445 g/mol. The number of nitrogens with zero attached hydrogens (tertiary/aromatic N) is 3. The zero-order chi connectivity index (χ0) is 23.4. The average Bonchev–Trinajstić information content (AvgIpc) is 2.77. The van der Waals surface area contributed by atoms with Crippen molar-refractivity contribution in [3.8, 4) is 11.6 Å². The quantitative estimate of drug-likeness (QED) is 0.196. The number of hydrazone groups is 1. The van der Waals surface area contributed by atoms with Crippen LogP contribution < -0.4 is 25.5 Å². The lowest BCUT2D eigenvalue weighted by atomic mass is 10.1. The SMILES string of the molecule is CCOc1nnc(CNCC(C)(C)NCC(O)COc2ccccc2C)cc1NN=C=O. The molecule has 1 atom stereocenters. The monoisotopic (exact) mass is 444 g/mol. The Kier molecular flexibility index (Phi) is 10.0. The fraction of sp³-hybridized carbons (Fsp3) is 0.500. The molecule has 4 N–H and O–H groups in total. The van der Waals surface area contributed by atoms with Crippen LogP contribution in [0.4, 0.5) is 5.69 Å². The van der Waals surface area contributed by atoms with Gasteiger partial charge in [0.1, 0.15) is 24.1 Å². The van der Waals surface area contributed by atoms with E-state index in [1.165, 1.54) is 6.08 Å². The van der Waals surface area contributed by atoms with Crippen LogP contribution in [0, 0.1) is 6.92 Å². The zero-order valence-corrected chi connectivity index (χ0v) is 19.0. The van der Waals surface area contributed by atoms with Crippen molar-refractivity contribution >= 4 is 11.8 Å². The number of carbonyl (C=O) groups excluding carboxylic acids is 1. The molecule has 174 valence electrons. The van der Waals surface area contributed by atoms with Crippen molar-refractivity contribution in [1.29, 1.82) is 0 Å². The number of aryl methyl sites for hydroxylation is 1. The van der Waals surface area contributed by atoms with E-state index in [-0.39, 0.29) is 18.0 Å². The molecule has 10 heteroatoms. The molecule has 0 amide bonds. The molecule has 0 aliphatic rings. The van der Waals surface area contributed by atoms with Gasteiger partial charge in [0.2, 0.25) is 0 Å². The van der Waals surface area contributed by atoms with E-state index in [9.17, 15) is 9.90 Å². The number of para-hydroxylation sites is 1.